The third kappa shape index (κ3) is 2.73. The zero-order valence-corrected chi connectivity index (χ0v) is 11.0. The first-order chi connectivity index (χ1) is 8.08. The predicted octanol–water partition coefficient (Wildman–Crippen LogP) is 3.94. The molecular formula is C14H13BrFN. The van der Waals surface area contributed by atoms with Gasteiger partial charge in [0, 0.05) is 4.47 Å². The highest BCUT2D eigenvalue weighted by Crippen LogP contribution is 2.24. The summed E-state index contributed by atoms with van der Waals surface area (Å²) in [5.74, 6) is -0.243. The van der Waals surface area contributed by atoms with Crippen LogP contribution in [0.3, 0.4) is 0 Å². The summed E-state index contributed by atoms with van der Waals surface area (Å²) in [6.07, 6.45) is 0. The summed E-state index contributed by atoms with van der Waals surface area (Å²) in [6, 6.07) is 12.1. The van der Waals surface area contributed by atoms with Gasteiger partial charge >= 0.3 is 0 Å². The largest absolute Gasteiger partial charge is 0.320 e. The minimum absolute atomic E-state index is 0.220. The van der Waals surface area contributed by atoms with Crippen LogP contribution in [-0.2, 0) is 0 Å². The third-order valence-corrected chi connectivity index (χ3v) is 3.66. The zero-order chi connectivity index (χ0) is 12.4. The molecule has 2 N–H and O–H groups in total. The second-order valence-electron chi connectivity index (χ2n) is 4.04. The summed E-state index contributed by atoms with van der Waals surface area (Å²) in [6.45, 7) is 2.02. The van der Waals surface area contributed by atoms with Gasteiger partial charge in [0.15, 0.2) is 0 Å². The van der Waals surface area contributed by atoms with Crippen LogP contribution in [0.4, 0.5) is 4.39 Å². The molecule has 17 heavy (non-hydrogen) atoms. The molecule has 1 unspecified atom stereocenters. The van der Waals surface area contributed by atoms with Crippen molar-refractivity contribution in [3.8, 4) is 0 Å². The second-order valence-corrected chi connectivity index (χ2v) is 4.89. The van der Waals surface area contributed by atoms with Crippen LogP contribution < -0.4 is 5.73 Å². The number of nitrogens with two attached hydrogens (primary N) is 1. The number of halogens is 2. The van der Waals surface area contributed by atoms with Gasteiger partial charge in [-0.2, -0.15) is 0 Å². The SMILES string of the molecule is Cc1cc(C(N)c2ccc(F)cc2)ccc1Br. The fourth-order valence-corrected chi connectivity index (χ4v) is 1.97. The number of benzene rings is 2. The average molecular weight is 294 g/mol. The smallest absolute Gasteiger partial charge is 0.123 e. The van der Waals surface area contributed by atoms with E-state index < -0.39 is 0 Å². The van der Waals surface area contributed by atoms with Crippen molar-refractivity contribution in [3.05, 3.63) is 69.4 Å². The number of hydrogen-bond donors (Lipinski definition) is 1. The maximum atomic E-state index is 12.8. The van der Waals surface area contributed by atoms with Crippen LogP contribution in [0, 0.1) is 12.7 Å². The Balaban J connectivity index is 2.33. The fourth-order valence-electron chi connectivity index (χ4n) is 1.72. The molecule has 1 nitrogen and oxygen atoms in total. The van der Waals surface area contributed by atoms with Crippen molar-refractivity contribution >= 4 is 15.9 Å². The van der Waals surface area contributed by atoms with Crippen molar-refractivity contribution in [2.24, 2.45) is 5.73 Å². The van der Waals surface area contributed by atoms with Crippen molar-refractivity contribution in [2.75, 3.05) is 0 Å². The van der Waals surface area contributed by atoms with Crippen LogP contribution in [0.1, 0.15) is 22.7 Å². The van der Waals surface area contributed by atoms with E-state index in [0.29, 0.717) is 0 Å². The predicted molar refractivity (Wildman–Crippen MR) is 71.3 cm³/mol. The van der Waals surface area contributed by atoms with Gasteiger partial charge in [0.2, 0.25) is 0 Å². The number of rotatable bonds is 2. The van der Waals surface area contributed by atoms with Crippen molar-refractivity contribution in [1.82, 2.24) is 0 Å². The Morgan fingerprint density at radius 2 is 1.65 bits per heavy atom. The van der Waals surface area contributed by atoms with E-state index in [1.54, 1.807) is 12.1 Å². The van der Waals surface area contributed by atoms with Gasteiger partial charge in [0.05, 0.1) is 6.04 Å². The second kappa shape index (κ2) is 4.98. The number of hydrogen-bond acceptors (Lipinski definition) is 1. The highest BCUT2D eigenvalue weighted by atomic mass is 79.9. The quantitative estimate of drug-likeness (QED) is 0.892. The highest BCUT2D eigenvalue weighted by Gasteiger charge is 2.09. The van der Waals surface area contributed by atoms with Crippen LogP contribution in [0.25, 0.3) is 0 Å². The van der Waals surface area contributed by atoms with E-state index in [1.165, 1.54) is 12.1 Å². The number of aryl methyl sites for hydroxylation is 1. The van der Waals surface area contributed by atoms with E-state index in [1.807, 2.05) is 25.1 Å². The summed E-state index contributed by atoms with van der Waals surface area (Å²) in [7, 11) is 0. The van der Waals surface area contributed by atoms with Crippen LogP contribution in [0.2, 0.25) is 0 Å². The summed E-state index contributed by atoms with van der Waals surface area (Å²) in [5, 5.41) is 0. The lowest BCUT2D eigenvalue weighted by Gasteiger charge is -2.13. The van der Waals surface area contributed by atoms with Gasteiger partial charge in [-0.05, 0) is 41.8 Å². The van der Waals surface area contributed by atoms with Gasteiger partial charge in [-0.1, -0.05) is 40.2 Å². The molecule has 0 fully saturated rings. The van der Waals surface area contributed by atoms with E-state index in [-0.39, 0.29) is 11.9 Å². The first-order valence-electron chi connectivity index (χ1n) is 5.35. The van der Waals surface area contributed by atoms with E-state index in [4.69, 9.17) is 5.73 Å². The summed E-state index contributed by atoms with van der Waals surface area (Å²) >= 11 is 3.45. The molecule has 1 atom stereocenters. The van der Waals surface area contributed by atoms with Gasteiger partial charge in [-0.15, -0.1) is 0 Å². The first kappa shape index (κ1) is 12.3. The Bertz CT molecular complexity index is 522. The Hall–Kier alpha value is -1.19. The molecule has 2 aromatic carbocycles. The van der Waals surface area contributed by atoms with Gasteiger partial charge < -0.3 is 5.73 Å². The lowest BCUT2D eigenvalue weighted by atomic mass is 9.98. The van der Waals surface area contributed by atoms with Gasteiger partial charge in [-0.25, -0.2) is 4.39 Å². The lowest BCUT2D eigenvalue weighted by Crippen LogP contribution is -2.11. The van der Waals surface area contributed by atoms with E-state index in [0.717, 1.165) is 21.2 Å². The van der Waals surface area contributed by atoms with E-state index in [9.17, 15) is 4.39 Å². The van der Waals surface area contributed by atoms with E-state index >= 15 is 0 Å². The molecule has 0 heterocycles. The molecule has 0 aliphatic carbocycles. The molecule has 0 spiro atoms. The molecule has 3 heteroatoms. The Labute approximate surface area is 109 Å². The Morgan fingerprint density at radius 3 is 2.24 bits per heavy atom. The molecule has 0 aromatic heterocycles. The molecule has 2 rings (SSSR count). The van der Waals surface area contributed by atoms with E-state index in [2.05, 4.69) is 15.9 Å². The molecule has 0 aliphatic heterocycles. The van der Waals surface area contributed by atoms with Gasteiger partial charge in [0.25, 0.3) is 0 Å². The average Bonchev–Trinajstić information content (AvgIpc) is 2.33. The standard InChI is InChI=1S/C14H13BrFN/c1-9-8-11(4-7-13(9)15)14(17)10-2-5-12(16)6-3-10/h2-8,14H,17H2,1H3. The van der Waals surface area contributed by atoms with Crippen molar-refractivity contribution in [3.63, 3.8) is 0 Å². The normalized spacial score (nSPS) is 12.5. The summed E-state index contributed by atoms with van der Waals surface area (Å²) < 4.78 is 13.9. The monoisotopic (exact) mass is 293 g/mol. The molecule has 88 valence electrons. The maximum Gasteiger partial charge on any atom is 0.123 e. The minimum atomic E-state index is -0.243. The topological polar surface area (TPSA) is 26.0 Å². The Kier molecular flexibility index (Phi) is 3.60. The summed E-state index contributed by atoms with van der Waals surface area (Å²) in [5.41, 5.74) is 9.22. The fraction of sp³-hybridized carbons (Fsp3) is 0.143. The molecule has 0 bridgehead atoms. The Morgan fingerprint density at radius 1 is 1.06 bits per heavy atom. The molecule has 0 saturated carbocycles. The zero-order valence-electron chi connectivity index (χ0n) is 9.45. The van der Waals surface area contributed by atoms with Crippen LogP contribution in [-0.4, -0.2) is 0 Å². The molecule has 0 radical (unpaired) electrons. The lowest BCUT2D eigenvalue weighted by molar-refractivity contribution is 0.626. The van der Waals surface area contributed by atoms with Crippen LogP contribution in [0.5, 0.6) is 0 Å². The van der Waals surface area contributed by atoms with Gasteiger partial charge in [0.1, 0.15) is 5.82 Å². The molecule has 0 saturated heterocycles. The molecular weight excluding hydrogens is 281 g/mol. The van der Waals surface area contributed by atoms with Crippen LogP contribution in [0.15, 0.2) is 46.9 Å². The highest BCUT2D eigenvalue weighted by molar-refractivity contribution is 9.10. The third-order valence-electron chi connectivity index (χ3n) is 2.77. The van der Waals surface area contributed by atoms with Crippen molar-refractivity contribution < 1.29 is 4.39 Å². The molecule has 0 amide bonds. The minimum Gasteiger partial charge on any atom is -0.320 e. The summed E-state index contributed by atoms with van der Waals surface area (Å²) in [4.78, 5) is 0. The maximum absolute atomic E-state index is 12.8. The molecule has 2 aromatic rings. The molecule has 0 aliphatic rings. The van der Waals surface area contributed by atoms with Crippen molar-refractivity contribution in [2.45, 2.75) is 13.0 Å². The van der Waals surface area contributed by atoms with Crippen LogP contribution >= 0.6 is 15.9 Å². The van der Waals surface area contributed by atoms with Crippen molar-refractivity contribution in [1.29, 1.82) is 0 Å². The first-order valence-corrected chi connectivity index (χ1v) is 6.14. The van der Waals surface area contributed by atoms with Gasteiger partial charge in [-0.3, -0.25) is 0 Å².